The predicted molar refractivity (Wildman–Crippen MR) is 63.0 cm³/mol. The second kappa shape index (κ2) is 4.80. The number of halogens is 1. The van der Waals surface area contributed by atoms with E-state index in [2.05, 4.69) is 0 Å². The lowest BCUT2D eigenvalue weighted by atomic mass is 10.0. The van der Waals surface area contributed by atoms with Crippen LogP contribution in [0.4, 0.5) is 0 Å². The lowest BCUT2D eigenvalue weighted by molar-refractivity contribution is 0.0769. The Kier molecular flexibility index (Phi) is 3.79. The molecule has 0 amide bonds. The van der Waals surface area contributed by atoms with E-state index in [1.807, 2.05) is 0 Å². The van der Waals surface area contributed by atoms with Crippen LogP contribution < -0.4 is 0 Å². The summed E-state index contributed by atoms with van der Waals surface area (Å²) in [4.78, 5) is 0. The maximum absolute atomic E-state index is 12.1. The highest BCUT2D eigenvalue weighted by Gasteiger charge is 2.45. The second-order valence-corrected chi connectivity index (χ2v) is 7.07. The second-order valence-electron chi connectivity index (χ2n) is 4.70. The molecule has 2 aliphatic rings. The fourth-order valence-corrected chi connectivity index (χ4v) is 5.21. The van der Waals surface area contributed by atoms with Crippen molar-refractivity contribution in [3.05, 3.63) is 0 Å². The smallest absolute Gasteiger partial charge is 0.214 e. The summed E-state index contributed by atoms with van der Waals surface area (Å²) in [5, 5.41) is 9.61. The molecule has 2 bridgehead atoms. The summed E-state index contributed by atoms with van der Waals surface area (Å²) in [6.07, 6.45) is 3.15. The summed E-state index contributed by atoms with van der Waals surface area (Å²) < 4.78 is 25.8. The summed E-state index contributed by atoms with van der Waals surface area (Å²) in [6.45, 7) is 0. The van der Waals surface area contributed by atoms with Crippen LogP contribution in [0.15, 0.2) is 0 Å². The van der Waals surface area contributed by atoms with Gasteiger partial charge in [0.2, 0.25) is 10.0 Å². The molecule has 1 N–H and O–H groups in total. The van der Waals surface area contributed by atoms with Gasteiger partial charge in [0.1, 0.15) is 0 Å². The van der Waals surface area contributed by atoms with Crippen molar-refractivity contribution in [3.63, 3.8) is 0 Å². The lowest BCUT2D eigenvalue weighted by Gasteiger charge is -2.36. The van der Waals surface area contributed by atoms with E-state index in [1.54, 1.807) is 4.31 Å². The molecule has 2 aliphatic heterocycles. The first-order valence-corrected chi connectivity index (χ1v) is 7.94. The Morgan fingerprint density at radius 1 is 1.25 bits per heavy atom. The van der Waals surface area contributed by atoms with Gasteiger partial charge in [-0.3, -0.25) is 0 Å². The van der Waals surface area contributed by atoms with Gasteiger partial charge in [0.05, 0.1) is 11.9 Å². The molecule has 2 unspecified atom stereocenters. The molecule has 94 valence electrons. The maximum atomic E-state index is 12.1. The van der Waals surface area contributed by atoms with Crippen molar-refractivity contribution in [3.8, 4) is 0 Å². The van der Waals surface area contributed by atoms with Gasteiger partial charge >= 0.3 is 0 Å². The van der Waals surface area contributed by atoms with Crippen molar-refractivity contribution < 1.29 is 13.5 Å². The largest absolute Gasteiger partial charge is 0.393 e. The van der Waals surface area contributed by atoms with Crippen molar-refractivity contribution >= 4 is 21.6 Å². The van der Waals surface area contributed by atoms with Crippen LogP contribution >= 0.6 is 11.6 Å². The van der Waals surface area contributed by atoms with E-state index in [9.17, 15) is 13.5 Å². The van der Waals surface area contributed by atoms with Gasteiger partial charge in [-0.15, -0.1) is 11.6 Å². The van der Waals surface area contributed by atoms with Crippen molar-refractivity contribution in [2.24, 2.45) is 0 Å². The van der Waals surface area contributed by atoms with Crippen LogP contribution in [0.3, 0.4) is 0 Å². The quantitative estimate of drug-likeness (QED) is 0.771. The van der Waals surface area contributed by atoms with Crippen LogP contribution in [0.1, 0.15) is 32.1 Å². The summed E-state index contributed by atoms with van der Waals surface area (Å²) in [5.74, 6) is 0.518. The molecular weight excluding hydrogens is 250 g/mol. The first kappa shape index (κ1) is 12.6. The molecule has 0 aromatic rings. The van der Waals surface area contributed by atoms with E-state index in [4.69, 9.17) is 11.6 Å². The fraction of sp³-hybridized carbons (Fsp3) is 1.00. The number of nitrogens with zero attached hydrogens (tertiary/aromatic N) is 1. The van der Waals surface area contributed by atoms with Gasteiger partial charge in [0.25, 0.3) is 0 Å². The van der Waals surface area contributed by atoms with Gasteiger partial charge in [-0.1, -0.05) is 0 Å². The molecule has 0 radical (unpaired) electrons. The van der Waals surface area contributed by atoms with Crippen LogP contribution in [0.5, 0.6) is 0 Å². The molecule has 2 heterocycles. The van der Waals surface area contributed by atoms with Crippen LogP contribution in [0.25, 0.3) is 0 Å². The lowest BCUT2D eigenvalue weighted by Crippen LogP contribution is -2.48. The highest BCUT2D eigenvalue weighted by atomic mass is 35.5. The summed E-state index contributed by atoms with van der Waals surface area (Å²) in [6, 6.07) is 0.0446. The van der Waals surface area contributed by atoms with E-state index in [1.165, 1.54) is 0 Å². The Labute approximate surface area is 102 Å². The van der Waals surface area contributed by atoms with E-state index in [0.717, 1.165) is 12.8 Å². The van der Waals surface area contributed by atoms with Crippen molar-refractivity contribution in [1.82, 2.24) is 4.31 Å². The van der Waals surface area contributed by atoms with Crippen LogP contribution in [0, 0.1) is 0 Å². The number of alkyl halides is 1. The molecule has 2 rings (SSSR count). The van der Waals surface area contributed by atoms with Gasteiger partial charge in [0.15, 0.2) is 0 Å². The first-order valence-electron chi connectivity index (χ1n) is 5.80. The number of hydrogen-bond donors (Lipinski definition) is 1. The molecule has 0 saturated carbocycles. The maximum Gasteiger partial charge on any atom is 0.214 e. The average molecular weight is 268 g/mol. The van der Waals surface area contributed by atoms with E-state index < -0.39 is 10.0 Å². The molecule has 0 aliphatic carbocycles. The topological polar surface area (TPSA) is 57.6 Å². The van der Waals surface area contributed by atoms with Gasteiger partial charge < -0.3 is 5.11 Å². The monoisotopic (exact) mass is 267 g/mol. The third-order valence-corrected chi connectivity index (χ3v) is 5.81. The fourth-order valence-electron chi connectivity index (χ4n) is 2.90. The molecule has 4 nitrogen and oxygen atoms in total. The van der Waals surface area contributed by atoms with Crippen LogP contribution in [-0.4, -0.2) is 47.7 Å². The van der Waals surface area contributed by atoms with Gasteiger partial charge in [-0.25, -0.2) is 8.42 Å². The minimum Gasteiger partial charge on any atom is -0.393 e. The van der Waals surface area contributed by atoms with Crippen molar-refractivity contribution in [2.45, 2.75) is 50.3 Å². The molecule has 0 aromatic heterocycles. The zero-order valence-electron chi connectivity index (χ0n) is 9.18. The minimum atomic E-state index is -3.17. The SMILES string of the molecule is O=S(=O)(CCCCl)N1C2CCC1CC(O)C2. The Hall–Kier alpha value is 0.160. The highest BCUT2D eigenvalue weighted by Crippen LogP contribution is 2.37. The van der Waals surface area contributed by atoms with Crippen LogP contribution in [0.2, 0.25) is 0 Å². The molecule has 6 heteroatoms. The molecule has 2 saturated heterocycles. The summed E-state index contributed by atoms with van der Waals surface area (Å²) >= 11 is 5.54. The number of fused-ring (bicyclic) bond motifs is 2. The number of rotatable bonds is 4. The third-order valence-electron chi connectivity index (χ3n) is 3.50. The number of piperidine rings is 1. The number of aliphatic hydroxyl groups is 1. The Morgan fingerprint density at radius 2 is 1.81 bits per heavy atom. The third kappa shape index (κ3) is 2.37. The summed E-state index contributed by atoms with van der Waals surface area (Å²) in [5.41, 5.74) is 0. The van der Waals surface area contributed by atoms with E-state index in [-0.39, 0.29) is 23.9 Å². The van der Waals surface area contributed by atoms with Crippen molar-refractivity contribution in [1.29, 1.82) is 0 Å². The number of sulfonamides is 1. The summed E-state index contributed by atoms with van der Waals surface area (Å²) in [7, 11) is -3.17. The number of aliphatic hydroxyl groups excluding tert-OH is 1. The minimum absolute atomic E-state index is 0.0223. The normalized spacial score (nSPS) is 35.5. The Balaban J connectivity index is 2.10. The standard InChI is InChI=1S/C10H18ClNO3S/c11-4-1-5-16(14,15)12-8-2-3-9(12)7-10(13)6-8/h8-10,13H,1-7H2. The van der Waals surface area contributed by atoms with Gasteiger partial charge in [-0.2, -0.15) is 4.31 Å². The van der Waals surface area contributed by atoms with Crippen molar-refractivity contribution in [2.75, 3.05) is 11.6 Å². The van der Waals surface area contributed by atoms with Crippen LogP contribution in [-0.2, 0) is 10.0 Å². The Bertz CT molecular complexity index is 332. The molecule has 2 atom stereocenters. The van der Waals surface area contributed by atoms with Gasteiger partial charge in [-0.05, 0) is 32.1 Å². The average Bonchev–Trinajstić information content (AvgIpc) is 2.50. The van der Waals surface area contributed by atoms with Gasteiger partial charge in [0, 0.05) is 18.0 Å². The zero-order valence-corrected chi connectivity index (χ0v) is 10.8. The molecule has 0 spiro atoms. The molecule has 0 aromatic carbocycles. The predicted octanol–water partition coefficient (Wildman–Crippen LogP) is 0.933. The Morgan fingerprint density at radius 3 is 2.31 bits per heavy atom. The first-order chi connectivity index (χ1) is 7.54. The number of hydrogen-bond acceptors (Lipinski definition) is 3. The van der Waals surface area contributed by atoms with E-state index >= 15 is 0 Å². The molecular formula is C10H18ClNO3S. The highest BCUT2D eigenvalue weighted by molar-refractivity contribution is 7.89. The van der Waals surface area contributed by atoms with E-state index in [0.29, 0.717) is 25.1 Å². The molecule has 2 fully saturated rings. The molecule has 16 heavy (non-hydrogen) atoms. The zero-order chi connectivity index (χ0) is 11.8.